The first kappa shape index (κ1) is 17.9. The molecule has 140 valence electrons. The molecule has 0 amide bonds. The van der Waals surface area contributed by atoms with Crippen molar-refractivity contribution in [2.45, 2.75) is 32.6 Å². The molecule has 1 unspecified atom stereocenters. The average molecular weight is 361 g/mol. The maximum Gasteiger partial charge on any atom is 0.154 e. The molecule has 0 aliphatic carbocycles. The smallest absolute Gasteiger partial charge is 0.154 e. The van der Waals surface area contributed by atoms with Crippen molar-refractivity contribution >= 4 is 16.9 Å². The normalized spacial score (nSPS) is 17.4. The quantitative estimate of drug-likeness (QED) is 0.712. The summed E-state index contributed by atoms with van der Waals surface area (Å²) in [6, 6.07) is 10.7. The van der Waals surface area contributed by atoms with E-state index in [1.54, 1.807) is 12.4 Å². The van der Waals surface area contributed by atoms with Crippen LogP contribution in [0.1, 0.15) is 38.2 Å². The Bertz CT molecular complexity index is 898. The molecule has 2 N–H and O–H groups in total. The van der Waals surface area contributed by atoms with Gasteiger partial charge in [0.1, 0.15) is 5.52 Å². The van der Waals surface area contributed by atoms with E-state index in [2.05, 4.69) is 58.7 Å². The molecule has 1 saturated heterocycles. The van der Waals surface area contributed by atoms with Crippen LogP contribution in [0.2, 0.25) is 0 Å². The first-order chi connectivity index (χ1) is 13.2. The molecule has 1 aliphatic heterocycles. The Morgan fingerprint density at radius 2 is 1.96 bits per heavy atom. The van der Waals surface area contributed by atoms with Crippen molar-refractivity contribution in [1.82, 2.24) is 20.3 Å². The summed E-state index contributed by atoms with van der Waals surface area (Å²) in [4.78, 5) is 13.9. The van der Waals surface area contributed by atoms with Gasteiger partial charge in [-0.15, -0.1) is 0 Å². The number of nitrogens with one attached hydrogen (secondary N) is 2. The van der Waals surface area contributed by atoms with Crippen molar-refractivity contribution in [2.24, 2.45) is 5.92 Å². The van der Waals surface area contributed by atoms with Gasteiger partial charge in [-0.2, -0.15) is 0 Å². The molecule has 4 rings (SSSR count). The zero-order valence-electron chi connectivity index (χ0n) is 16.1. The molecule has 5 heteroatoms. The number of fused-ring (bicyclic) bond motifs is 1. The first-order valence-electron chi connectivity index (χ1n) is 9.87. The van der Waals surface area contributed by atoms with Crippen molar-refractivity contribution < 1.29 is 0 Å². The predicted octanol–water partition coefficient (Wildman–Crippen LogP) is 4.23. The van der Waals surface area contributed by atoms with Gasteiger partial charge < -0.3 is 10.6 Å². The highest BCUT2D eigenvalue weighted by atomic mass is 15.0. The summed E-state index contributed by atoms with van der Waals surface area (Å²) in [5.74, 6) is 1.98. The predicted molar refractivity (Wildman–Crippen MR) is 111 cm³/mol. The van der Waals surface area contributed by atoms with E-state index in [0.717, 1.165) is 47.7 Å². The van der Waals surface area contributed by atoms with Crippen LogP contribution >= 0.6 is 0 Å². The summed E-state index contributed by atoms with van der Waals surface area (Å²) in [6.07, 6.45) is 5.96. The van der Waals surface area contributed by atoms with E-state index in [-0.39, 0.29) is 0 Å². The van der Waals surface area contributed by atoms with Crippen LogP contribution in [0.4, 0.5) is 5.82 Å². The summed E-state index contributed by atoms with van der Waals surface area (Å²) in [5.41, 5.74) is 5.09. The van der Waals surface area contributed by atoms with Crippen molar-refractivity contribution in [3.8, 4) is 11.3 Å². The Balaban J connectivity index is 1.65. The van der Waals surface area contributed by atoms with Crippen LogP contribution in [0.5, 0.6) is 0 Å². The van der Waals surface area contributed by atoms with Gasteiger partial charge in [0.2, 0.25) is 0 Å². The monoisotopic (exact) mass is 361 g/mol. The summed E-state index contributed by atoms with van der Waals surface area (Å²) >= 11 is 0. The van der Waals surface area contributed by atoms with Gasteiger partial charge in [-0.05, 0) is 49.4 Å². The number of hydrogen-bond acceptors (Lipinski definition) is 5. The van der Waals surface area contributed by atoms with Crippen molar-refractivity contribution in [1.29, 1.82) is 0 Å². The minimum atomic E-state index is 0.524. The lowest BCUT2D eigenvalue weighted by Gasteiger charge is -2.23. The molecule has 5 nitrogen and oxygen atoms in total. The van der Waals surface area contributed by atoms with E-state index in [0.29, 0.717) is 11.8 Å². The molecular formula is C22H27N5. The SMILES string of the molecule is CC(C)c1ccc(-c2cc3nccnc3c(NCC3CCCNC3)n2)cc1. The van der Waals surface area contributed by atoms with E-state index < -0.39 is 0 Å². The van der Waals surface area contributed by atoms with Crippen molar-refractivity contribution in [2.75, 3.05) is 25.0 Å². The fourth-order valence-electron chi connectivity index (χ4n) is 3.62. The number of rotatable bonds is 5. The Labute approximate surface area is 160 Å². The number of benzene rings is 1. The summed E-state index contributed by atoms with van der Waals surface area (Å²) in [5, 5.41) is 7.01. The second-order valence-corrected chi connectivity index (χ2v) is 7.65. The lowest BCUT2D eigenvalue weighted by Crippen LogP contribution is -2.33. The topological polar surface area (TPSA) is 62.7 Å². The molecule has 3 aromatic rings. The van der Waals surface area contributed by atoms with E-state index in [1.165, 1.54) is 18.4 Å². The minimum absolute atomic E-state index is 0.524. The van der Waals surface area contributed by atoms with E-state index in [9.17, 15) is 0 Å². The van der Waals surface area contributed by atoms with Gasteiger partial charge in [0.25, 0.3) is 0 Å². The Morgan fingerprint density at radius 3 is 2.70 bits per heavy atom. The molecule has 2 aromatic heterocycles. The number of hydrogen-bond donors (Lipinski definition) is 2. The van der Waals surface area contributed by atoms with Crippen LogP contribution in [0.3, 0.4) is 0 Å². The molecule has 27 heavy (non-hydrogen) atoms. The average Bonchev–Trinajstić information content (AvgIpc) is 2.72. The minimum Gasteiger partial charge on any atom is -0.368 e. The molecule has 3 heterocycles. The van der Waals surface area contributed by atoms with E-state index in [1.807, 2.05) is 6.07 Å². The molecule has 1 aliphatic rings. The summed E-state index contributed by atoms with van der Waals surface area (Å²) < 4.78 is 0. The summed E-state index contributed by atoms with van der Waals surface area (Å²) in [7, 11) is 0. The van der Waals surface area contributed by atoms with E-state index in [4.69, 9.17) is 4.98 Å². The maximum absolute atomic E-state index is 4.90. The standard InChI is InChI=1S/C22H27N5/c1-15(2)17-5-7-18(8-6-17)19-12-20-21(25-11-10-24-20)22(27-19)26-14-16-4-3-9-23-13-16/h5-8,10-12,15-16,23H,3-4,9,13-14H2,1-2H3,(H,26,27). The Hall–Kier alpha value is -2.53. The Kier molecular flexibility index (Phi) is 5.30. The summed E-state index contributed by atoms with van der Waals surface area (Å²) in [6.45, 7) is 7.52. The highest BCUT2D eigenvalue weighted by Gasteiger charge is 2.15. The molecule has 0 spiro atoms. The van der Waals surface area contributed by atoms with Gasteiger partial charge in [0.15, 0.2) is 5.82 Å². The Morgan fingerprint density at radius 1 is 1.15 bits per heavy atom. The number of aromatic nitrogens is 3. The second-order valence-electron chi connectivity index (χ2n) is 7.65. The van der Waals surface area contributed by atoms with Crippen LogP contribution in [0, 0.1) is 5.92 Å². The zero-order valence-corrected chi connectivity index (χ0v) is 16.1. The third-order valence-corrected chi connectivity index (χ3v) is 5.29. The highest BCUT2D eigenvalue weighted by molar-refractivity contribution is 5.88. The van der Waals surface area contributed by atoms with Gasteiger partial charge in [0.05, 0.1) is 11.2 Å². The van der Waals surface area contributed by atoms with Crippen LogP contribution < -0.4 is 10.6 Å². The lowest BCUT2D eigenvalue weighted by molar-refractivity contribution is 0.392. The van der Waals surface area contributed by atoms with Crippen molar-refractivity contribution in [3.63, 3.8) is 0 Å². The third kappa shape index (κ3) is 4.08. The number of anilines is 1. The molecule has 0 saturated carbocycles. The molecule has 1 fully saturated rings. The van der Waals surface area contributed by atoms with Gasteiger partial charge in [0, 0.05) is 24.5 Å². The van der Waals surface area contributed by atoms with Gasteiger partial charge in [-0.1, -0.05) is 38.1 Å². The molecule has 0 bridgehead atoms. The lowest BCUT2D eigenvalue weighted by atomic mass is 9.99. The molecular weight excluding hydrogens is 334 g/mol. The maximum atomic E-state index is 4.90. The molecule has 1 atom stereocenters. The van der Waals surface area contributed by atoms with Gasteiger partial charge in [-0.3, -0.25) is 4.98 Å². The third-order valence-electron chi connectivity index (χ3n) is 5.29. The first-order valence-corrected chi connectivity index (χ1v) is 9.87. The number of nitrogens with zero attached hydrogens (tertiary/aromatic N) is 3. The molecule has 1 aromatic carbocycles. The van der Waals surface area contributed by atoms with Crippen molar-refractivity contribution in [3.05, 3.63) is 48.3 Å². The number of piperidine rings is 1. The van der Waals surface area contributed by atoms with Crippen LogP contribution in [-0.4, -0.2) is 34.6 Å². The largest absolute Gasteiger partial charge is 0.368 e. The second kappa shape index (κ2) is 8.01. The van der Waals surface area contributed by atoms with Crippen LogP contribution in [-0.2, 0) is 0 Å². The fraction of sp³-hybridized carbons (Fsp3) is 0.409. The zero-order chi connectivity index (χ0) is 18.6. The number of pyridine rings is 1. The van der Waals surface area contributed by atoms with E-state index >= 15 is 0 Å². The van der Waals surface area contributed by atoms with Crippen LogP contribution in [0.25, 0.3) is 22.3 Å². The highest BCUT2D eigenvalue weighted by Crippen LogP contribution is 2.27. The van der Waals surface area contributed by atoms with Gasteiger partial charge >= 0.3 is 0 Å². The fourth-order valence-corrected chi connectivity index (χ4v) is 3.62. The van der Waals surface area contributed by atoms with Crippen LogP contribution in [0.15, 0.2) is 42.7 Å². The van der Waals surface area contributed by atoms with Gasteiger partial charge in [-0.25, -0.2) is 9.97 Å². The molecule has 0 radical (unpaired) electrons.